The Balaban J connectivity index is 2.63. The van der Waals surface area contributed by atoms with E-state index in [0.29, 0.717) is 38.5 Å². The molecule has 0 saturated heterocycles. The monoisotopic (exact) mass is 584 g/mol. The van der Waals surface area contributed by atoms with Gasteiger partial charge in [-0.2, -0.15) is 0 Å². The number of rotatable bonds is 6. The molecular formula is C14H22F6O6S2Sn. The SMILES string of the molecule is O=S(=O)([O][Sn]([O]S(=O)(=O)C(F)(F)F)([CH]1CCCCC1)[CH]1CCCCC1)C(F)(F)F. The number of hydrogen-bond donors (Lipinski definition) is 0. The first-order chi connectivity index (χ1) is 13.1. The van der Waals surface area contributed by atoms with Crippen molar-refractivity contribution in [2.24, 2.45) is 0 Å². The molecule has 0 heterocycles. The third-order valence-electron chi connectivity index (χ3n) is 5.40. The Morgan fingerprint density at radius 2 is 0.862 bits per heavy atom. The van der Waals surface area contributed by atoms with Crippen molar-refractivity contribution in [2.45, 2.75) is 83.1 Å². The van der Waals surface area contributed by atoms with Crippen LogP contribution in [0.25, 0.3) is 0 Å². The van der Waals surface area contributed by atoms with Gasteiger partial charge in [0.2, 0.25) is 0 Å². The molecule has 2 rings (SSSR count). The van der Waals surface area contributed by atoms with Crippen molar-refractivity contribution < 1.29 is 48.2 Å². The molecule has 0 amide bonds. The van der Waals surface area contributed by atoms with E-state index in [9.17, 15) is 43.2 Å². The van der Waals surface area contributed by atoms with Crippen LogP contribution in [0.4, 0.5) is 26.3 Å². The van der Waals surface area contributed by atoms with Gasteiger partial charge >= 0.3 is 171 Å². The molecule has 0 aromatic rings. The van der Waals surface area contributed by atoms with E-state index in [2.05, 4.69) is 5.04 Å². The van der Waals surface area contributed by atoms with Crippen LogP contribution < -0.4 is 0 Å². The fourth-order valence-corrected chi connectivity index (χ4v) is 27.3. The summed E-state index contributed by atoms with van der Waals surface area (Å²) in [5.41, 5.74) is -11.8. The molecule has 0 unspecified atom stereocenters. The van der Waals surface area contributed by atoms with Crippen molar-refractivity contribution in [1.82, 2.24) is 0 Å². The van der Waals surface area contributed by atoms with E-state index in [4.69, 9.17) is 0 Å². The molecule has 0 radical (unpaired) electrons. The van der Waals surface area contributed by atoms with Crippen molar-refractivity contribution in [2.75, 3.05) is 0 Å². The van der Waals surface area contributed by atoms with Gasteiger partial charge in [-0.3, -0.25) is 0 Å². The summed E-state index contributed by atoms with van der Waals surface area (Å²) in [7, 11) is -12.7. The zero-order valence-corrected chi connectivity index (χ0v) is 19.7. The molecule has 172 valence electrons. The third-order valence-corrected chi connectivity index (χ3v) is 25.5. The fourth-order valence-electron chi connectivity index (χ4n) is 4.07. The minimum atomic E-state index is -6.34. The minimum absolute atomic E-state index is 0.0767. The Morgan fingerprint density at radius 1 is 0.586 bits per heavy atom. The van der Waals surface area contributed by atoms with Crippen molar-refractivity contribution in [3.63, 3.8) is 0 Å². The molecule has 0 bridgehead atoms. The van der Waals surface area contributed by atoms with E-state index >= 15 is 0 Å². The summed E-state index contributed by atoms with van der Waals surface area (Å²) in [6.45, 7) is 0. The Kier molecular flexibility index (Phi) is 7.88. The fraction of sp³-hybridized carbons (Fsp3) is 1.00. The van der Waals surface area contributed by atoms with Gasteiger partial charge in [-0.15, -0.1) is 0 Å². The van der Waals surface area contributed by atoms with Crippen LogP contribution in [0, 0.1) is 0 Å². The molecule has 0 N–H and O–H groups in total. The first-order valence-electron chi connectivity index (χ1n) is 9.16. The van der Waals surface area contributed by atoms with Crippen molar-refractivity contribution in [3.8, 4) is 0 Å². The molecule has 0 aliphatic heterocycles. The molecular weight excluding hydrogens is 561 g/mol. The van der Waals surface area contributed by atoms with Gasteiger partial charge in [0.05, 0.1) is 0 Å². The van der Waals surface area contributed by atoms with Gasteiger partial charge in [-0.1, -0.05) is 0 Å². The van der Waals surface area contributed by atoms with E-state index in [1.54, 1.807) is 0 Å². The summed E-state index contributed by atoms with van der Waals surface area (Å²) >= 11 is -6.13. The molecule has 2 saturated carbocycles. The topological polar surface area (TPSA) is 86.7 Å². The van der Waals surface area contributed by atoms with Gasteiger partial charge < -0.3 is 0 Å². The maximum atomic E-state index is 13.1. The molecule has 2 aliphatic carbocycles. The zero-order chi connectivity index (χ0) is 22.1. The summed E-state index contributed by atoms with van der Waals surface area (Å²) < 4.78 is 133. The molecule has 0 aromatic carbocycles. The van der Waals surface area contributed by atoms with Crippen molar-refractivity contribution in [1.29, 1.82) is 0 Å². The van der Waals surface area contributed by atoms with Crippen LogP contribution in [0.1, 0.15) is 64.2 Å². The van der Waals surface area contributed by atoms with Gasteiger partial charge in [-0.25, -0.2) is 0 Å². The normalized spacial score (nSPS) is 22.0. The zero-order valence-electron chi connectivity index (χ0n) is 15.3. The predicted molar refractivity (Wildman–Crippen MR) is 91.5 cm³/mol. The van der Waals surface area contributed by atoms with Gasteiger partial charge in [-0.05, 0) is 0 Å². The molecule has 2 fully saturated rings. The van der Waals surface area contributed by atoms with Gasteiger partial charge in [0.25, 0.3) is 0 Å². The van der Waals surface area contributed by atoms with Gasteiger partial charge in [0, 0.05) is 0 Å². The second kappa shape index (κ2) is 8.98. The third kappa shape index (κ3) is 5.71. The molecule has 2 aliphatic rings. The number of hydrogen-bond acceptors (Lipinski definition) is 6. The first kappa shape index (κ1) is 25.5. The van der Waals surface area contributed by atoms with Gasteiger partial charge in [0.15, 0.2) is 0 Å². The quantitative estimate of drug-likeness (QED) is 0.253. The van der Waals surface area contributed by atoms with Crippen LogP contribution in [0.15, 0.2) is 0 Å². The average Bonchev–Trinajstić information content (AvgIpc) is 2.60. The second-order valence-electron chi connectivity index (χ2n) is 7.36. The molecule has 6 nitrogen and oxygen atoms in total. The van der Waals surface area contributed by atoms with Crippen LogP contribution >= 0.6 is 0 Å². The Bertz CT molecular complexity index is 701. The van der Waals surface area contributed by atoms with E-state index in [1.165, 1.54) is 0 Å². The van der Waals surface area contributed by atoms with E-state index < -0.39 is 58.3 Å². The van der Waals surface area contributed by atoms with Crippen LogP contribution in [0.5, 0.6) is 0 Å². The number of alkyl halides is 6. The molecule has 29 heavy (non-hydrogen) atoms. The number of halogens is 6. The molecule has 0 atom stereocenters. The summed E-state index contributed by atoms with van der Waals surface area (Å²) in [6, 6.07) is 0. The standard InChI is InChI=1S/2C6H11.2CHF3O3S.Sn/c2*1-2-4-6-5-3-1;2*2-1(3,4)8(5,6)7;/h2*1H,2-6H2;2*(H,5,6,7);/q;;;;+2/p-2. The molecule has 15 heteroatoms. The summed E-state index contributed by atoms with van der Waals surface area (Å²) in [5.74, 6) is 0. The van der Waals surface area contributed by atoms with Crippen LogP contribution in [-0.2, 0) is 25.3 Å². The summed E-state index contributed by atoms with van der Waals surface area (Å²) in [4.78, 5) is 0. The van der Waals surface area contributed by atoms with E-state index in [1.807, 2.05) is 0 Å². The second-order valence-corrected chi connectivity index (χ2v) is 22.1. The first-order valence-corrected chi connectivity index (χ1v) is 17.6. The van der Waals surface area contributed by atoms with Crippen LogP contribution in [0.3, 0.4) is 0 Å². The van der Waals surface area contributed by atoms with Gasteiger partial charge in [0.1, 0.15) is 0 Å². The van der Waals surface area contributed by atoms with Crippen LogP contribution in [0.2, 0.25) is 7.87 Å². The Morgan fingerprint density at radius 3 is 1.10 bits per heavy atom. The average molecular weight is 583 g/mol. The molecule has 0 aromatic heterocycles. The van der Waals surface area contributed by atoms with E-state index in [0.717, 1.165) is 0 Å². The Hall–Kier alpha value is 0.199. The summed E-state index contributed by atoms with van der Waals surface area (Å²) in [6.07, 6.45) is 3.29. The summed E-state index contributed by atoms with van der Waals surface area (Å²) in [5, 5.41) is 0. The van der Waals surface area contributed by atoms with Crippen LogP contribution in [-0.4, -0.2) is 47.1 Å². The van der Waals surface area contributed by atoms with E-state index in [-0.39, 0.29) is 25.7 Å². The molecule has 0 spiro atoms. The maximum absolute atomic E-state index is 13.1. The van der Waals surface area contributed by atoms with Crippen molar-refractivity contribution in [3.05, 3.63) is 0 Å². The van der Waals surface area contributed by atoms with Crippen molar-refractivity contribution >= 4 is 39.4 Å². The Labute approximate surface area is 170 Å². The predicted octanol–water partition coefficient (Wildman–Crippen LogP) is 4.83.